The first-order valence-electron chi connectivity index (χ1n) is 5.85. The van der Waals surface area contributed by atoms with Crippen molar-refractivity contribution in [3.63, 3.8) is 0 Å². The summed E-state index contributed by atoms with van der Waals surface area (Å²) in [7, 11) is 0. The monoisotopic (exact) mass is 278 g/mol. The third-order valence-electron chi connectivity index (χ3n) is 3.64. The number of hydrogen-bond donors (Lipinski definition) is 1. The molecule has 3 rings (SSSR count). The number of halogens is 2. The second-order valence-corrected chi connectivity index (χ2v) is 4.64. The van der Waals surface area contributed by atoms with E-state index in [1.165, 1.54) is 26.1 Å². The zero-order chi connectivity index (χ0) is 10.1. The Kier molecular flexibility index (Phi) is 5.73. The summed E-state index contributed by atoms with van der Waals surface area (Å²) in [5.41, 5.74) is 0. The first kappa shape index (κ1) is 14.8. The Morgan fingerprint density at radius 3 is 2.82 bits per heavy atom. The van der Waals surface area contributed by atoms with Crippen LogP contribution < -0.4 is 5.32 Å². The fraction of sp³-hybridized carbons (Fsp3) is 0.727. The molecule has 1 aromatic rings. The Balaban J connectivity index is 0.000000722. The van der Waals surface area contributed by atoms with Crippen LogP contribution in [-0.4, -0.2) is 46.9 Å². The summed E-state index contributed by atoms with van der Waals surface area (Å²) in [6.07, 6.45) is 5.25. The molecule has 0 spiro atoms. The number of nitrogens with one attached hydrogen (secondary N) is 1. The van der Waals surface area contributed by atoms with Gasteiger partial charge in [0.05, 0.1) is 6.54 Å². The molecule has 0 radical (unpaired) electrons. The van der Waals surface area contributed by atoms with Gasteiger partial charge in [0.2, 0.25) is 0 Å². The Bertz CT molecular complexity index is 305. The van der Waals surface area contributed by atoms with Crippen molar-refractivity contribution in [3.8, 4) is 0 Å². The summed E-state index contributed by atoms with van der Waals surface area (Å²) in [6, 6.07) is 2.75. The molecule has 98 valence electrons. The normalized spacial score (nSPS) is 27.3. The van der Waals surface area contributed by atoms with E-state index in [0.717, 1.165) is 25.0 Å². The predicted molar refractivity (Wildman–Crippen MR) is 73.1 cm³/mol. The summed E-state index contributed by atoms with van der Waals surface area (Å²) in [4.78, 5) is 2.56. The van der Waals surface area contributed by atoms with E-state index in [0.29, 0.717) is 0 Å². The molecule has 1 aromatic heterocycles. The minimum absolute atomic E-state index is 0. The summed E-state index contributed by atoms with van der Waals surface area (Å²) in [5, 5.41) is 7.80. The van der Waals surface area contributed by atoms with Gasteiger partial charge in [0, 0.05) is 38.1 Å². The van der Waals surface area contributed by atoms with Gasteiger partial charge >= 0.3 is 0 Å². The van der Waals surface area contributed by atoms with Crippen LogP contribution >= 0.6 is 24.8 Å². The molecule has 0 bridgehead atoms. The average molecular weight is 279 g/mol. The Labute approximate surface area is 115 Å². The number of nitrogens with zero attached hydrogens (tertiary/aromatic N) is 3. The van der Waals surface area contributed by atoms with Crippen molar-refractivity contribution in [2.45, 2.75) is 19.0 Å². The highest BCUT2D eigenvalue weighted by molar-refractivity contribution is 5.85. The van der Waals surface area contributed by atoms with E-state index in [9.17, 15) is 0 Å². The molecule has 17 heavy (non-hydrogen) atoms. The van der Waals surface area contributed by atoms with Crippen LogP contribution in [0.25, 0.3) is 0 Å². The third-order valence-corrected chi connectivity index (χ3v) is 3.64. The molecular weight excluding hydrogens is 259 g/mol. The molecule has 2 aliphatic heterocycles. The van der Waals surface area contributed by atoms with Crippen molar-refractivity contribution in [3.05, 3.63) is 18.5 Å². The molecule has 0 saturated carbocycles. The smallest absolute Gasteiger partial charge is 0.0536 e. The van der Waals surface area contributed by atoms with Gasteiger partial charge in [-0.1, -0.05) is 0 Å². The van der Waals surface area contributed by atoms with Crippen LogP contribution in [0.3, 0.4) is 0 Å². The summed E-state index contributed by atoms with van der Waals surface area (Å²) in [5.74, 6) is 0.905. The molecule has 6 heteroatoms. The zero-order valence-electron chi connectivity index (χ0n) is 9.79. The number of aromatic nitrogens is 2. The van der Waals surface area contributed by atoms with Gasteiger partial charge < -0.3 is 5.32 Å². The minimum Gasteiger partial charge on any atom is -0.312 e. The maximum absolute atomic E-state index is 4.22. The minimum atomic E-state index is 0. The first-order valence-corrected chi connectivity index (χ1v) is 5.85. The molecule has 2 atom stereocenters. The zero-order valence-corrected chi connectivity index (χ0v) is 11.4. The van der Waals surface area contributed by atoms with Crippen molar-refractivity contribution < 1.29 is 0 Å². The highest BCUT2D eigenvalue weighted by Gasteiger charge is 2.35. The maximum Gasteiger partial charge on any atom is 0.0536 e. The fourth-order valence-corrected chi connectivity index (χ4v) is 2.80. The van der Waals surface area contributed by atoms with Crippen molar-refractivity contribution in [1.82, 2.24) is 20.0 Å². The topological polar surface area (TPSA) is 33.1 Å². The number of rotatable bonds is 3. The van der Waals surface area contributed by atoms with E-state index in [4.69, 9.17) is 0 Å². The summed E-state index contributed by atoms with van der Waals surface area (Å²) < 4.78 is 2.02. The lowest BCUT2D eigenvalue weighted by Gasteiger charge is -2.16. The van der Waals surface area contributed by atoms with E-state index < -0.39 is 0 Å². The van der Waals surface area contributed by atoms with Gasteiger partial charge in [-0.15, -0.1) is 24.8 Å². The molecule has 0 aliphatic carbocycles. The Hall–Kier alpha value is -0.290. The van der Waals surface area contributed by atoms with E-state index in [-0.39, 0.29) is 24.8 Å². The van der Waals surface area contributed by atoms with E-state index in [1.807, 2.05) is 23.1 Å². The second-order valence-electron chi connectivity index (χ2n) is 4.64. The predicted octanol–water partition coefficient (Wildman–Crippen LogP) is 1.02. The van der Waals surface area contributed by atoms with Crippen LogP contribution in [0, 0.1) is 5.92 Å². The van der Waals surface area contributed by atoms with Gasteiger partial charge in [-0.05, 0) is 24.9 Å². The first-order chi connectivity index (χ1) is 7.42. The van der Waals surface area contributed by atoms with Gasteiger partial charge in [-0.3, -0.25) is 9.58 Å². The van der Waals surface area contributed by atoms with Crippen LogP contribution in [0.2, 0.25) is 0 Å². The SMILES string of the molecule is Cl.Cl.c1cnn(CCN2C[C@@H]3CCN[C@@H]3C2)c1. The quantitative estimate of drug-likeness (QED) is 0.897. The van der Waals surface area contributed by atoms with Crippen LogP contribution in [0.4, 0.5) is 0 Å². The van der Waals surface area contributed by atoms with Crippen molar-refractivity contribution in [1.29, 1.82) is 0 Å². The Morgan fingerprint density at radius 1 is 1.24 bits per heavy atom. The summed E-state index contributed by atoms with van der Waals surface area (Å²) >= 11 is 0. The van der Waals surface area contributed by atoms with Gasteiger partial charge in [0.15, 0.2) is 0 Å². The summed E-state index contributed by atoms with van der Waals surface area (Å²) in [6.45, 7) is 5.88. The van der Waals surface area contributed by atoms with E-state index in [2.05, 4.69) is 15.3 Å². The molecule has 4 nitrogen and oxygen atoms in total. The van der Waals surface area contributed by atoms with Gasteiger partial charge in [0.1, 0.15) is 0 Å². The van der Waals surface area contributed by atoms with Gasteiger partial charge in [-0.2, -0.15) is 5.10 Å². The molecule has 3 heterocycles. The van der Waals surface area contributed by atoms with Crippen molar-refractivity contribution in [2.24, 2.45) is 5.92 Å². The van der Waals surface area contributed by atoms with Crippen LogP contribution in [-0.2, 0) is 6.54 Å². The Morgan fingerprint density at radius 2 is 2.12 bits per heavy atom. The van der Waals surface area contributed by atoms with Crippen LogP contribution in [0.5, 0.6) is 0 Å². The number of hydrogen-bond acceptors (Lipinski definition) is 3. The molecule has 2 fully saturated rings. The molecule has 2 saturated heterocycles. The highest BCUT2D eigenvalue weighted by Crippen LogP contribution is 2.24. The fourth-order valence-electron chi connectivity index (χ4n) is 2.80. The lowest BCUT2D eigenvalue weighted by Crippen LogP contribution is -2.31. The molecular formula is C11H20Cl2N4. The van der Waals surface area contributed by atoms with Crippen molar-refractivity contribution >= 4 is 24.8 Å². The second kappa shape index (κ2) is 6.59. The maximum atomic E-state index is 4.22. The largest absolute Gasteiger partial charge is 0.312 e. The molecule has 1 N–H and O–H groups in total. The van der Waals surface area contributed by atoms with Gasteiger partial charge in [0.25, 0.3) is 0 Å². The number of fused-ring (bicyclic) bond motifs is 1. The van der Waals surface area contributed by atoms with E-state index >= 15 is 0 Å². The molecule has 0 amide bonds. The van der Waals surface area contributed by atoms with E-state index in [1.54, 1.807) is 0 Å². The van der Waals surface area contributed by atoms with Crippen molar-refractivity contribution in [2.75, 3.05) is 26.2 Å². The highest BCUT2D eigenvalue weighted by atomic mass is 35.5. The van der Waals surface area contributed by atoms with Crippen LogP contribution in [0.1, 0.15) is 6.42 Å². The lowest BCUT2D eigenvalue weighted by molar-refractivity contribution is 0.295. The van der Waals surface area contributed by atoms with Crippen LogP contribution in [0.15, 0.2) is 18.5 Å². The molecule has 2 aliphatic rings. The lowest BCUT2D eigenvalue weighted by atomic mass is 10.1. The standard InChI is InChI=1S/C11H18N4.2ClH/c1-3-13-15(5-1)7-6-14-8-10-2-4-12-11(10)9-14;;/h1,3,5,10-12H,2,4,6-9H2;2*1H/t10-,11+;;/m0../s1. The third kappa shape index (κ3) is 3.35. The average Bonchev–Trinajstić information content (AvgIpc) is 2.91. The number of likely N-dealkylation sites (tertiary alicyclic amines) is 1. The molecule has 0 unspecified atom stereocenters. The molecule has 0 aromatic carbocycles. The van der Waals surface area contributed by atoms with Gasteiger partial charge in [-0.25, -0.2) is 0 Å².